The molecule has 66 valence electrons. The molecule has 0 bridgehead atoms. The molecular formula is C8H6N2OS2. The summed E-state index contributed by atoms with van der Waals surface area (Å²) in [6.45, 7) is 0. The molecule has 5 heteroatoms. The van der Waals surface area contributed by atoms with Crippen LogP contribution < -0.4 is 4.72 Å². The van der Waals surface area contributed by atoms with E-state index in [0.717, 1.165) is 14.6 Å². The molecule has 2 aromatic rings. The first kappa shape index (κ1) is 8.52. The quantitative estimate of drug-likeness (QED) is 0.622. The lowest BCUT2D eigenvalue weighted by atomic mass is 10.3. The van der Waals surface area contributed by atoms with Gasteiger partial charge < -0.3 is 0 Å². The molecule has 1 aromatic carbocycles. The third kappa shape index (κ3) is 1.81. The molecule has 0 aliphatic rings. The summed E-state index contributed by atoms with van der Waals surface area (Å²) in [5.74, 6) is 0. The number of nitrogens with zero attached hydrogens (tertiary/aromatic N) is 1. The number of para-hydroxylation sites is 1. The summed E-state index contributed by atoms with van der Waals surface area (Å²) in [6.07, 6.45) is 0.650. The van der Waals surface area contributed by atoms with Crippen molar-refractivity contribution in [3.8, 4) is 0 Å². The summed E-state index contributed by atoms with van der Waals surface area (Å²) >= 11 is 2.80. The van der Waals surface area contributed by atoms with Crippen LogP contribution in [0, 0.1) is 0 Å². The Morgan fingerprint density at radius 2 is 2.31 bits per heavy atom. The number of rotatable bonds is 3. The Kier molecular flexibility index (Phi) is 2.47. The lowest BCUT2D eigenvalue weighted by molar-refractivity contribution is -0.107. The molecule has 0 saturated heterocycles. The van der Waals surface area contributed by atoms with Gasteiger partial charge in [-0.25, -0.2) is 4.98 Å². The zero-order valence-electron chi connectivity index (χ0n) is 6.56. The Morgan fingerprint density at radius 1 is 1.46 bits per heavy atom. The van der Waals surface area contributed by atoms with Gasteiger partial charge in [0.25, 0.3) is 0 Å². The minimum atomic E-state index is 0.650. The lowest BCUT2D eigenvalue weighted by Crippen LogP contribution is -1.96. The molecule has 0 atom stereocenters. The van der Waals surface area contributed by atoms with Crippen LogP contribution in [0.1, 0.15) is 0 Å². The maximum absolute atomic E-state index is 10.0. The zero-order chi connectivity index (χ0) is 9.10. The third-order valence-corrected chi connectivity index (χ3v) is 3.28. The second-order valence-electron chi connectivity index (χ2n) is 2.29. The van der Waals surface area contributed by atoms with Crippen LogP contribution in [-0.2, 0) is 4.79 Å². The number of carbonyl (C=O) groups is 1. The molecule has 1 amide bonds. The number of benzene rings is 1. The van der Waals surface area contributed by atoms with Crippen molar-refractivity contribution in [2.45, 2.75) is 4.34 Å². The summed E-state index contributed by atoms with van der Waals surface area (Å²) in [7, 11) is 0. The van der Waals surface area contributed by atoms with Gasteiger partial charge in [0.05, 0.1) is 10.2 Å². The van der Waals surface area contributed by atoms with E-state index in [1.165, 1.54) is 11.9 Å². The molecule has 1 aromatic heterocycles. The number of aromatic nitrogens is 1. The fraction of sp³-hybridized carbons (Fsp3) is 0. The van der Waals surface area contributed by atoms with E-state index >= 15 is 0 Å². The molecule has 0 saturated carbocycles. The number of hydrogen-bond acceptors (Lipinski definition) is 4. The molecule has 0 aliphatic heterocycles. The highest BCUT2D eigenvalue weighted by molar-refractivity contribution is 7.99. The second-order valence-corrected chi connectivity index (χ2v) is 4.40. The van der Waals surface area contributed by atoms with E-state index in [1.54, 1.807) is 11.3 Å². The predicted octanol–water partition coefficient (Wildman–Crippen LogP) is 2.05. The molecule has 0 radical (unpaired) electrons. The normalized spacial score (nSPS) is 10.2. The van der Waals surface area contributed by atoms with Crippen molar-refractivity contribution in [3.63, 3.8) is 0 Å². The van der Waals surface area contributed by atoms with Crippen LogP contribution in [0.5, 0.6) is 0 Å². The Hall–Kier alpha value is -1.07. The van der Waals surface area contributed by atoms with Crippen LogP contribution in [0.25, 0.3) is 10.2 Å². The molecule has 1 N–H and O–H groups in total. The molecule has 1 heterocycles. The zero-order valence-corrected chi connectivity index (χ0v) is 8.19. The highest BCUT2D eigenvalue weighted by Gasteiger charge is 2.01. The number of carbonyl (C=O) groups excluding carboxylic acids is 1. The Morgan fingerprint density at radius 3 is 3.08 bits per heavy atom. The van der Waals surface area contributed by atoms with Crippen LogP contribution in [0.2, 0.25) is 0 Å². The Balaban J connectivity index is 2.32. The minimum absolute atomic E-state index is 0.650. The molecular weight excluding hydrogens is 204 g/mol. The summed E-state index contributed by atoms with van der Waals surface area (Å²) < 4.78 is 4.50. The van der Waals surface area contributed by atoms with Gasteiger partial charge in [-0.15, -0.1) is 11.3 Å². The molecule has 2 rings (SSSR count). The number of hydrogen-bond donors (Lipinski definition) is 1. The van der Waals surface area contributed by atoms with Crippen molar-refractivity contribution in [3.05, 3.63) is 24.3 Å². The fourth-order valence-electron chi connectivity index (χ4n) is 0.969. The largest absolute Gasteiger partial charge is 0.297 e. The summed E-state index contributed by atoms with van der Waals surface area (Å²) in [5.41, 5.74) is 0.975. The van der Waals surface area contributed by atoms with Gasteiger partial charge >= 0.3 is 0 Å². The first-order chi connectivity index (χ1) is 6.40. The molecule has 3 nitrogen and oxygen atoms in total. The Bertz CT molecular complexity index is 394. The van der Waals surface area contributed by atoms with Gasteiger partial charge in [0.2, 0.25) is 6.41 Å². The standard InChI is InChI=1S/C8H6N2OS2/c11-5-9-13-8-10-6-3-1-2-4-7(6)12-8/h1-5H,(H,9,11). The predicted molar refractivity (Wildman–Crippen MR) is 54.7 cm³/mol. The SMILES string of the molecule is O=CNSc1nc2ccccc2s1. The van der Waals surface area contributed by atoms with Crippen molar-refractivity contribution < 1.29 is 4.79 Å². The maximum Gasteiger partial charge on any atom is 0.217 e. The number of thiazole rings is 1. The maximum atomic E-state index is 10.0. The smallest absolute Gasteiger partial charge is 0.217 e. The van der Waals surface area contributed by atoms with Gasteiger partial charge in [0, 0.05) is 11.9 Å². The first-order valence-corrected chi connectivity index (χ1v) is 5.25. The van der Waals surface area contributed by atoms with Crippen molar-refractivity contribution in [1.82, 2.24) is 9.71 Å². The van der Waals surface area contributed by atoms with E-state index in [9.17, 15) is 4.79 Å². The first-order valence-electron chi connectivity index (χ1n) is 3.62. The third-order valence-electron chi connectivity index (χ3n) is 1.47. The molecule has 0 aliphatic carbocycles. The number of fused-ring (bicyclic) bond motifs is 1. The van der Waals surface area contributed by atoms with Gasteiger partial charge in [-0.3, -0.25) is 9.52 Å². The lowest BCUT2D eigenvalue weighted by Gasteiger charge is -1.87. The van der Waals surface area contributed by atoms with Crippen molar-refractivity contribution in [2.24, 2.45) is 0 Å². The van der Waals surface area contributed by atoms with Crippen molar-refractivity contribution >= 4 is 39.9 Å². The highest BCUT2D eigenvalue weighted by atomic mass is 32.2. The van der Waals surface area contributed by atoms with E-state index in [-0.39, 0.29) is 0 Å². The van der Waals surface area contributed by atoms with Crippen LogP contribution in [0.15, 0.2) is 28.6 Å². The topological polar surface area (TPSA) is 42.0 Å². The molecule has 13 heavy (non-hydrogen) atoms. The number of amides is 1. The van der Waals surface area contributed by atoms with E-state index in [0.29, 0.717) is 6.41 Å². The van der Waals surface area contributed by atoms with Crippen molar-refractivity contribution in [2.75, 3.05) is 0 Å². The van der Waals surface area contributed by atoms with E-state index in [1.807, 2.05) is 24.3 Å². The van der Waals surface area contributed by atoms with E-state index < -0.39 is 0 Å². The molecule has 0 unspecified atom stereocenters. The van der Waals surface area contributed by atoms with E-state index in [2.05, 4.69) is 9.71 Å². The van der Waals surface area contributed by atoms with Gasteiger partial charge in [-0.2, -0.15) is 0 Å². The molecule has 0 fully saturated rings. The van der Waals surface area contributed by atoms with Gasteiger partial charge in [0.1, 0.15) is 0 Å². The van der Waals surface area contributed by atoms with E-state index in [4.69, 9.17) is 0 Å². The summed E-state index contributed by atoms with van der Waals surface area (Å²) in [6, 6.07) is 7.89. The summed E-state index contributed by atoms with van der Waals surface area (Å²) in [5, 5.41) is 0. The van der Waals surface area contributed by atoms with Gasteiger partial charge in [-0.1, -0.05) is 12.1 Å². The fourth-order valence-corrected chi connectivity index (χ4v) is 2.54. The second kappa shape index (κ2) is 3.76. The summed E-state index contributed by atoms with van der Waals surface area (Å²) in [4.78, 5) is 14.3. The van der Waals surface area contributed by atoms with Crippen molar-refractivity contribution in [1.29, 1.82) is 0 Å². The molecule has 0 spiro atoms. The number of nitrogens with one attached hydrogen (secondary N) is 1. The van der Waals surface area contributed by atoms with Gasteiger partial charge in [0.15, 0.2) is 4.34 Å². The van der Waals surface area contributed by atoms with Gasteiger partial charge in [-0.05, 0) is 12.1 Å². The average Bonchev–Trinajstić information content (AvgIpc) is 2.57. The minimum Gasteiger partial charge on any atom is -0.297 e. The monoisotopic (exact) mass is 210 g/mol. The highest BCUT2D eigenvalue weighted by Crippen LogP contribution is 2.27. The van der Waals surface area contributed by atoms with Crippen LogP contribution in [0.3, 0.4) is 0 Å². The Labute approximate surface area is 83.3 Å². The van der Waals surface area contributed by atoms with Crippen LogP contribution in [-0.4, -0.2) is 11.4 Å². The van der Waals surface area contributed by atoms with Crippen LogP contribution >= 0.6 is 23.3 Å². The average molecular weight is 210 g/mol. The van der Waals surface area contributed by atoms with Crippen LogP contribution in [0.4, 0.5) is 0 Å².